The van der Waals surface area contributed by atoms with Gasteiger partial charge >= 0.3 is 0 Å². The molecule has 0 amide bonds. The predicted molar refractivity (Wildman–Crippen MR) is 84.5 cm³/mol. The quantitative estimate of drug-likeness (QED) is 0.821. The van der Waals surface area contributed by atoms with Gasteiger partial charge in [0.25, 0.3) is 0 Å². The zero-order chi connectivity index (χ0) is 14.5. The van der Waals surface area contributed by atoms with Crippen LogP contribution < -0.4 is 9.80 Å². The molecule has 0 aromatic carbocycles. The minimum atomic E-state index is 0.722. The van der Waals surface area contributed by atoms with E-state index in [-0.39, 0.29) is 0 Å². The van der Waals surface area contributed by atoms with Crippen LogP contribution in [0.2, 0.25) is 0 Å². The van der Waals surface area contributed by atoms with Gasteiger partial charge in [-0.2, -0.15) is 0 Å². The third-order valence-corrected chi connectivity index (χ3v) is 4.15. The maximum atomic E-state index is 4.37. The summed E-state index contributed by atoms with van der Waals surface area (Å²) in [5.41, 5.74) is 0. The highest BCUT2D eigenvalue weighted by Crippen LogP contribution is 2.17. The molecular formula is C15H27N5. The lowest BCUT2D eigenvalue weighted by atomic mass is 10.0. The van der Waals surface area contributed by atoms with Crippen molar-refractivity contribution in [3.05, 3.63) is 12.4 Å². The molecule has 20 heavy (non-hydrogen) atoms. The molecule has 112 valence electrons. The molecule has 2 heterocycles. The number of anilines is 2. The number of piperidine rings is 1. The number of hydrogen-bond acceptors (Lipinski definition) is 5. The summed E-state index contributed by atoms with van der Waals surface area (Å²) in [6.07, 6.45) is 5.70. The zero-order valence-electron chi connectivity index (χ0n) is 13.2. The third kappa shape index (κ3) is 3.82. The van der Waals surface area contributed by atoms with Crippen LogP contribution in [-0.2, 0) is 0 Å². The van der Waals surface area contributed by atoms with Gasteiger partial charge in [0.05, 0.1) is 0 Å². The van der Waals surface area contributed by atoms with Crippen molar-refractivity contribution in [3.8, 4) is 0 Å². The average molecular weight is 277 g/mol. The number of aromatic nitrogens is 2. The molecule has 2 rings (SSSR count). The van der Waals surface area contributed by atoms with E-state index in [9.17, 15) is 0 Å². The second-order valence-corrected chi connectivity index (χ2v) is 5.93. The second-order valence-electron chi connectivity index (χ2n) is 5.93. The van der Waals surface area contributed by atoms with Gasteiger partial charge in [-0.05, 0) is 26.3 Å². The summed E-state index contributed by atoms with van der Waals surface area (Å²) in [6, 6.07) is 2.76. The molecule has 1 aliphatic rings. The van der Waals surface area contributed by atoms with Crippen molar-refractivity contribution in [2.75, 3.05) is 50.6 Å². The first-order valence-electron chi connectivity index (χ1n) is 7.52. The van der Waals surface area contributed by atoms with E-state index >= 15 is 0 Å². The molecule has 1 atom stereocenters. The van der Waals surface area contributed by atoms with E-state index in [1.165, 1.54) is 25.8 Å². The number of rotatable bonds is 5. The SMILES string of the molecule is C[C@@H]1CCCCN1CCN(C)c1cc(N(C)C)ncn1. The van der Waals surface area contributed by atoms with Gasteiger partial charge in [-0.3, -0.25) is 4.90 Å². The fourth-order valence-corrected chi connectivity index (χ4v) is 2.67. The van der Waals surface area contributed by atoms with E-state index in [0.29, 0.717) is 0 Å². The molecule has 5 nitrogen and oxygen atoms in total. The van der Waals surface area contributed by atoms with Crippen molar-refractivity contribution in [1.82, 2.24) is 14.9 Å². The minimum Gasteiger partial charge on any atom is -0.363 e. The Balaban J connectivity index is 1.91. The fraction of sp³-hybridized carbons (Fsp3) is 0.733. The van der Waals surface area contributed by atoms with Crippen molar-refractivity contribution < 1.29 is 0 Å². The summed E-state index contributed by atoms with van der Waals surface area (Å²) >= 11 is 0. The molecule has 0 saturated carbocycles. The lowest BCUT2D eigenvalue weighted by molar-refractivity contribution is 0.165. The lowest BCUT2D eigenvalue weighted by Crippen LogP contribution is -2.42. The molecule has 1 saturated heterocycles. The minimum absolute atomic E-state index is 0.722. The Labute approximate surface area is 122 Å². The van der Waals surface area contributed by atoms with Gasteiger partial charge in [-0.1, -0.05) is 6.42 Å². The Morgan fingerprint density at radius 2 is 1.95 bits per heavy atom. The van der Waals surface area contributed by atoms with Crippen LogP contribution >= 0.6 is 0 Å². The molecule has 0 aliphatic carbocycles. The Hall–Kier alpha value is -1.36. The smallest absolute Gasteiger partial charge is 0.133 e. The second kappa shape index (κ2) is 6.88. The van der Waals surface area contributed by atoms with Crippen molar-refractivity contribution in [3.63, 3.8) is 0 Å². The standard InChI is InChI=1S/C15H27N5/c1-13-7-5-6-8-20(13)10-9-19(4)15-11-14(18(2)3)16-12-17-15/h11-13H,5-10H2,1-4H3/t13-/m1/s1. The first-order chi connectivity index (χ1) is 9.58. The Morgan fingerprint density at radius 3 is 2.65 bits per heavy atom. The molecule has 0 unspecified atom stereocenters. The summed E-state index contributed by atoms with van der Waals surface area (Å²) in [4.78, 5) is 15.5. The van der Waals surface area contributed by atoms with Crippen LogP contribution in [0.5, 0.6) is 0 Å². The molecule has 1 aliphatic heterocycles. The van der Waals surface area contributed by atoms with E-state index in [1.807, 2.05) is 25.1 Å². The van der Waals surface area contributed by atoms with Gasteiger partial charge in [0.15, 0.2) is 0 Å². The van der Waals surface area contributed by atoms with Crippen LogP contribution in [-0.4, -0.2) is 61.7 Å². The summed E-state index contributed by atoms with van der Waals surface area (Å²) in [7, 11) is 6.11. The Kier molecular flexibility index (Phi) is 5.17. The summed E-state index contributed by atoms with van der Waals surface area (Å²) in [5.74, 6) is 1.95. The monoisotopic (exact) mass is 277 g/mol. The van der Waals surface area contributed by atoms with Crippen molar-refractivity contribution in [1.29, 1.82) is 0 Å². The van der Waals surface area contributed by atoms with Gasteiger partial charge < -0.3 is 9.80 Å². The molecule has 1 aromatic heterocycles. The van der Waals surface area contributed by atoms with Crippen molar-refractivity contribution in [2.45, 2.75) is 32.2 Å². The highest BCUT2D eigenvalue weighted by Gasteiger charge is 2.18. The predicted octanol–water partition coefficient (Wildman–Crippen LogP) is 1.85. The number of likely N-dealkylation sites (N-methyl/N-ethyl adjacent to an activating group) is 1. The van der Waals surface area contributed by atoms with E-state index in [2.05, 4.69) is 33.7 Å². The van der Waals surface area contributed by atoms with Gasteiger partial charge in [0.1, 0.15) is 18.0 Å². The third-order valence-electron chi connectivity index (χ3n) is 4.15. The summed E-state index contributed by atoms with van der Waals surface area (Å²) in [6.45, 7) is 5.70. The largest absolute Gasteiger partial charge is 0.363 e. The maximum absolute atomic E-state index is 4.37. The lowest BCUT2D eigenvalue weighted by Gasteiger charge is -2.34. The van der Waals surface area contributed by atoms with Gasteiger partial charge in [-0.25, -0.2) is 9.97 Å². The Bertz CT molecular complexity index is 420. The van der Waals surface area contributed by atoms with Crippen molar-refractivity contribution >= 4 is 11.6 Å². The molecular weight excluding hydrogens is 250 g/mol. The van der Waals surface area contributed by atoms with Gasteiger partial charge in [-0.15, -0.1) is 0 Å². The molecule has 1 fully saturated rings. The van der Waals surface area contributed by atoms with E-state index in [0.717, 1.165) is 30.8 Å². The van der Waals surface area contributed by atoms with E-state index in [4.69, 9.17) is 0 Å². The first-order valence-corrected chi connectivity index (χ1v) is 7.52. The van der Waals surface area contributed by atoms with Crippen LogP contribution in [0.4, 0.5) is 11.6 Å². The average Bonchev–Trinajstić information content (AvgIpc) is 2.46. The van der Waals surface area contributed by atoms with Gasteiger partial charge in [0, 0.05) is 46.3 Å². The fourth-order valence-electron chi connectivity index (χ4n) is 2.67. The summed E-state index contributed by atoms with van der Waals surface area (Å²) < 4.78 is 0. The highest BCUT2D eigenvalue weighted by molar-refractivity contribution is 5.48. The van der Waals surface area contributed by atoms with Crippen LogP contribution in [0.25, 0.3) is 0 Å². The normalized spacial score (nSPS) is 19.9. The van der Waals surface area contributed by atoms with E-state index < -0.39 is 0 Å². The molecule has 0 spiro atoms. The molecule has 0 radical (unpaired) electrons. The highest BCUT2D eigenvalue weighted by atomic mass is 15.2. The molecule has 0 bridgehead atoms. The van der Waals surface area contributed by atoms with Crippen LogP contribution in [0.15, 0.2) is 12.4 Å². The zero-order valence-corrected chi connectivity index (χ0v) is 13.2. The van der Waals surface area contributed by atoms with E-state index in [1.54, 1.807) is 6.33 Å². The number of nitrogens with zero attached hydrogens (tertiary/aromatic N) is 5. The van der Waals surface area contributed by atoms with Gasteiger partial charge in [0.2, 0.25) is 0 Å². The first kappa shape index (κ1) is 15.0. The molecule has 5 heteroatoms. The summed E-state index contributed by atoms with van der Waals surface area (Å²) in [5, 5.41) is 0. The van der Waals surface area contributed by atoms with Crippen LogP contribution in [0, 0.1) is 0 Å². The van der Waals surface area contributed by atoms with Crippen LogP contribution in [0.3, 0.4) is 0 Å². The van der Waals surface area contributed by atoms with Crippen LogP contribution in [0.1, 0.15) is 26.2 Å². The number of likely N-dealkylation sites (tertiary alicyclic amines) is 1. The van der Waals surface area contributed by atoms with Crippen molar-refractivity contribution in [2.24, 2.45) is 0 Å². The molecule has 0 N–H and O–H groups in total. The topological polar surface area (TPSA) is 35.5 Å². The Morgan fingerprint density at radius 1 is 1.20 bits per heavy atom. The maximum Gasteiger partial charge on any atom is 0.133 e. The number of hydrogen-bond donors (Lipinski definition) is 0. The molecule has 1 aromatic rings.